The molecule has 1 saturated carbocycles. The van der Waals surface area contributed by atoms with E-state index in [0.717, 1.165) is 6.07 Å². The highest BCUT2D eigenvalue weighted by Crippen LogP contribution is 2.37. The van der Waals surface area contributed by atoms with Crippen LogP contribution in [0, 0.1) is 5.82 Å². The van der Waals surface area contributed by atoms with Crippen molar-refractivity contribution in [2.75, 3.05) is 19.6 Å². The fourth-order valence-electron chi connectivity index (χ4n) is 3.21. The van der Waals surface area contributed by atoms with Gasteiger partial charge >= 0.3 is 6.03 Å². The van der Waals surface area contributed by atoms with E-state index in [1.165, 1.54) is 17.0 Å². The molecular weight excluding hydrogens is 411 g/mol. The van der Waals surface area contributed by atoms with Gasteiger partial charge in [-0.2, -0.15) is 0 Å². The number of nitrogens with zero attached hydrogens (tertiary/aromatic N) is 2. The number of nitrogens with one attached hydrogen (secondary N) is 1. The molecule has 1 fully saturated rings. The second-order valence-corrected chi connectivity index (χ2v) is 7.35. The van der Waals surface area contributed by atoms with Crippen LogP contribution in [0.2, 0.25) is 5.02 Å². The zero-order valence-corrected chi connectivity index (χ0v) is 16.0. The fourth-order valence-corrected chi connectivity index (χ4v) is 3.40. The van der Waals surface area contributed by atoms with E-state index in [9.17, 15) is 22.8 Å². The number of carbonyl (C=O) groups is 2. The molecule has 29 heavy (non-hydrogen) atoms. The third kappa shape index (κ3) is 4.64. The smallest absolute Gasteiger partial charge is 0.318 e. The lowest BCUT2D eigenvalue weighted by molar-refractivity contribution is -0.114. The molecule has 1 aromatic rings. The number of nitrogens with two attached hydrogens (primary N) is 2. The Morgan fingerprint density at radius 1 is 1.28 bits per heavy atom. The first-order valence-electron chi connectivity index (χ1n) is 8.79. The lowest BCUT2D eigenvalue weighted by atomic mass is 9.88. The van der Waals surface area contributed by atoms with Crippen molar-refractivity contribution in [3.05, 3.63) is 40.2 Å². The van der Waals surface area contributed by atoms with E-state index in [1.54, 1.807) is 0 Å². The molecule has 0 atom stereocenters. The molecule has 0 radical (unpaired) electrons. The molecule has 2 aliphatic rings. The molecule has 11 heteroatoms. The van der Waals surface area contributed by atoms with Gasteiger partial charge in [0.15, 0.2) is 0 Å². The molecule has 1 aliphatic heterocycles. The third-order valence-electron chi connectivity index (χ3n) is 4.75. The van der Waals surface area contributed by atoms with Gasteiger partial charge < -0.3 is 21.7 Å². The molecule has 0 unspecified atom stereocenters. The quantitative estimate of drug-likeness (QED) is 0.635. The van der Waals surface area contributed by atoms with Crippen molar-refractivity contribution < 1.29 is 22.8 Å². The summed E-state index contributed by atoms with van der Waals surface area (Å²) in [5, 5.41) is 2.35. The Kier molecular flexibility index (Phi) is 5.74. The Labute approximate surface area is 169 Å². The SMILES string of the molecule is NC(=O)C(C1=NCCN(C(=O)NC2CC(F)(F)C2)C1)=C(N)c1ccc(F)c(Cl)c1. The molecule has 0 aromatic heterocycles. The minimum absolute atomic E-state index is 0.0564. The Bertz CT molecular complexity index is 911. The molecule has 3 rings (SSSR count). The molecule has 0 bridgehead atoms. The number of amides is 3. The maximum atomic E-state index is 13.4. The molecule has 0 saturated heterocycles. The summed E-state index contributed by atoms with van der Waals surface area (Å²) >= 11 is 5.77. The van der Waals surface area contributed by atoms with Crippen LogP contribution in [0.4, 0.5) is 18.0 Å². The second-order valence-electron chi connectivity index (χ2n) is 6.94. The number of carbonyl (C=O) groups excluding carboxylic acids is 2. The largest absolute Gasteiger partial charge is 0.398 e. The van der Waals surface area contributed by atoms with Gasteiger partial charge in [-0.15, -0.1) is 0 Å². The van der Waals surface area contributed by atoms with E-state index < -0.39 is 42.6 Å². The molecule has 3 amide bonds. The number of urea groups is 1. The molecule has 7 nitrogen and oxygen atoms in total. The van der Waals surface area contributed by atoms with Crippen molar-refractivity contribution in [2.24, 2.45) is 16.5 Å². The van der Waals surface area contributed by atoms with E-state index in [-0.39, 0.29) is 47.2 Å². The van der Waals surface area contributed by atoms with Gasteiger partial charge in [-0.25, -0.2) is 18.0 Å². The summed E-state index contributed by atoms with van der Waals surface area (Å²) in [5.41, 5.74) is 11.8. The lowest BCUT2D eigenvalue weighted by Gasteiger charge is -2.37. The van der Waals surface area contributed by atoms with E-state index in [0.29, 0.717) is 0 Å². The normalized spacial score (nSPS) is 19.7. The minimum Gasteiger partial charge on any atom is -0.398 e. The van der Waals surface area contributed by atoms with Crippen LogP contribution in [0.5, 0.6) is 0 Å². The highest BCUT2D eigenvalue weighted by Gasteiger charge is 2.46. The Balaban J connectivity index is 1.79. The average Bonchev–Trinajstić information content (AvgIpc) is 2.62. The summed E-state index contributed by atoms with van der Waals surface area (Å²) in [6.45, 7) is 0.341. The summed E-state index contributed by atoms with van der Waals surface area (Å²) < 4.78 is 39.3. The van der Waals surface area contributed by atoms with Crippen LogP contribution in [-0.2, 0) is 4.79 Å². The van der Waals surface area contributed by atoms with Gasteiger partial charge in [-0.3, -0.25) is 9.79 Å². The van der Waals surface area contributed by atoms with Crippen molar-refractivity contribution in [1.29, 1.82) is 0 Å². The van der Waals surface area contributed by atoms with Crippen molar-refractivity contribution in [1.82, 2.24) is 10.2 Å². The van der Waals surface area contributed by atoms with Crippen molar-refractivity contribution in [3.63, 3.8) is 0 Å². The first kappa shape index (κ1) is 21.0. The van der Waals surface area contributed by atoms with Crippen LogP contribution >= 0.6 is 11.6 Å². The molecule has 1 aromatic carbocycles. The van der Waals surface area contributed by atoms with Crippen LogP contribution < -0.4 is 16.8 Å². The number of alkyl halides is 2. The number of rotatable bonds is 4. The van der Waals surface area contributed by atoms with Gasteiger partial charge in [0.2, 0.25) is 0 Å². The first-order valence-corrected chi connectivity index (χ1v) is 9.17. The number of benzene rings is 1. The van der Waals surface area contributed by atoms with Crippen LogP contribution in [0.3, 0.4) is 0 Å². The van der Waals surface area contributed by atoms with Crippen molar-refractivity contribution >= 4 is 34.9 Å². The van der Waals surface area contributed by atoms with Gasteiger partial charge in [0, 0.05) is 25.4 Å². The minimum atomic E-state index is -2.75. The number of hydrogen-bond acceptors (Lipinski definition) is 4. The van der Waals surface area contributed by atoms with E-state index >= 15 is 0 Å². The van der Waals surface area contributed by atoms with Gasteiger partial charge in [-0.1, -0.05) is 11.6 Å². The highest BCUT2D eigenvalue weighted by atomic mass is 35.5. The monoisotopic (exact) mass is 429 g/mol. The number of aliphatic imine (C=N–C) groups is 1. The standard InChI is InChI=1S/C18H19ClF3N5O2/c19-11-5-9(1-2-12(11)20)15(23)14(16(24)28)13-8-27(4-3-25-13)17(29)26-10-6-18(21,22)7-10/h1-2,5,10H,3-4,6-8,23H2,(H2,24,28)(H,26,29). The maximum Gasteiger partial charge on any atom is 0.318 e. The number of primary amides is 1. The number of halogens is 4. The molecule has 0 spiro atoms. The Hall–Kier alpha value is -2.75. The molecule has 1 heterocycles. The first-order chi connectivity index (χ1) is 13.6. The fraction of sp³-hybridized carbons (Fsp3) is 0.389. The molecular formula is C18H19ClF3N5O2. The van der Waals surface area contributed by atoms with Crippen LogP contribution in [0.15, 0.2) is 28.8 Å². The van der Waals surface area contributed by atoms with Gasteiger partial charge in [0.25, 0.3) is 11.8 Å². The zero-order valence-electron chi connectivity index (χ0n) is 15.2. The Morgan fingerprint density at radius 2 is 1.97 bits per heavy atom. The number of hydrogen-bond donors (Lipinski definition) is 3. The van der Waals surface area contributed by atoms with Crippen LogP contribution in [0.1, 0.15) is 18.4 Å². The van der Waals surface area contributed by atoms with Crippen molar-refractivity contribution in [2.45, 2.75) is 24.8 Å². The van der Waals surface area contributed by atoms with Gasteiger partial charge in [-0.05, 0) is 23.8 Å². The lowest BCUT2D eigenvalue weighted by Crippen LogP contribution is -2.55. The summed E-state index contributed by atoms with van der Waals surface area (Å²) in [6.07, 6.45) is -0.809. The topological polar surface area (TPSA) is 114 Å². The van der Waals surface area contributed by atoms with Gasteiger partial charge in [0.05, 0.1) is 35.1 Å². The van der Waals surface area contributed by atoms with Crippen LogP contribution in [-0.4, -0.2) is 54.1 Å². The third-order valence-corrected chi connectivity index (χ3v) is 5.04. The second kappa shape index (κ2) is 7.94. The molecule has 5 N–H and O–H groups in total. The summed E-state index contributed by atoms with van der Waals surface area (Å²) in [7, 11) is 0. The average molecular weight is 430 g/mol. The summed E-state index contributed by atoms with van der Waals surface area (Å²) in [5.74, 6) is -4.27. The summed E-state index contributed by atoms with van der Waals surface area (Å²) in [6, 6.07) is 2.55. The van der Waals surface area contributed by atoms with E-state index in [1.807, 2.05) is 0 Å². The van der Waals surface area contributed by atoms with Gasteiger partial charge in [0.1, 0.15) is 5.82 Å². The summed E-state index contributed by atoms with van der Waals surface area (Å²) in [4.78, 5) is 30.0. The predicted molar refractivity (Wildman–Crippen MR) is 102 cm³/mol. The molecule has 1 aliphatic carbocycles. The maximum absolute atomic E-state index is 13.4. The predicted octanol–water partition coefficient (Wildman–Crippen LogP) is 1.90. The van der Waals surface area contributed by atoms with E-state index in [4.69, 9.17) is 23.1 Å². The molecule has 156 valence electrons. The highest BCUT2D eigenvalue weighted by molar-refractivity contribution is 6.31. The van der Waals surface area contributed by atoms with E-state index in [2.05, 4.69) is 10.3 Å². The zero-order chi connectivity index (χ0) is 21.3. The van der Waals surface area contributed by atoms with Crippen LogP contribution in [0.25, 0.3) is 5.70 Å². The Morgan fingerprint density at radius 3 is 2.55 bits per heavy atom. The van der Waals surface area contributed by atoms with Crippen molar-refractivity contribution in [3.8, 4) is 0 Å².